The van der Waals surface area contributed by atoms with E-state index in [1.165, 1.54) is 4.90 Å². The minimum Gasteiger partial charge on any atom is -0.496 e. The Hall–Kier alpha value is -3.38. The lowest BCUT2D eigenvalue weighted by molar-refractivity contribution is -0.145. The number of likely N-dealkylation sites (tertiary alicyclic amines) is 1. The van der Waals surface area contributed by atoms with Gasteiger partial charge in [0, 0.05) is 49.1 Å². The number of nitrogens with zero attached hydrogens (tertiary/aromatic N) is 2. The molecule has 1 aromatic carbocycles. The molecule has 2 aromatic rings. The van der Waals surface area contributed by atoms with Crippen LogP contribution in [0, 0.1) is 5.82 Å². The van der Waals surface area contributed by atoms with E-state index in [4.69, 9.17) is 19.2 Å². The van der Waals surface area contributed by atoms with Gasteiger partial charge in [0.2, 0.25) is 0 Å². The third kappa shape index (κ3) is 6.19. The number of carbonyl (C=O) groups is 1. The largest absolute Gasteiger partial charge is 0.496 e. The Bertz CT molecular complexity index is 1350. The van der Waals surface area contributed by atoms with Crippen LogP contribution in [0.25, 0.3) is 0 Å². The molecule has 12 heteroatoms. The summed E-state index contributed by atoms with van der Waals surface area (Å²) in [6.07, 6.45) is 3.12. The fourth-order valence-corrected chi connectivity index (χ4v) is 5.98. The normalized spacial score (nSPS) is 20.6. The second kappa shape index (κ2) is 12.1. The average Bonchev–Trinajstić information content (AvgIpc) is 3.67. The monoisotopic (exact) mass is 593 g/mol. The maximum Gasteiger partial charge on any atom is 0.416 e. The predicted molar refractivity (Wildman–Crippen MR) is 146 cm³/mol. The maximum absolute atomic E-state index is 14.5. The SMILES string of the molecule is COc1cc(CCCCCOC23C=C2CN([C@H](C(=O)O)c2cc(C(F)(F)F)cc(F)c2OC)CC3)nc2c1CCCN2. The van der Waals surface area contributed by atoms with E-state index in [9.17, 15) is 27.5 Å². The number of hydrogen-bond acceptors (Lipinski definition) is 7. The molecular weight excluding hydrogens is 558 g/mol. The van der Waals surface area contributed by atoms with Crippen LogP contribution in [-0.4, -0.2) is 67.0 Å². The van der Waals surface area contributed by atoms with Crippen molar-refractivity contribution in [3.63, 3.8) is 0 Å². The van der Waals surface area contributed by atoms with Crippen molar-refractivity contribution in [3.05, 3.63) is 58.0 Å². The van der Waals surface area contributed by atoms with Gasteiger partial charge in [0.15, 0.2) is 11.6 Å². The van der Waals surface area contributed by atoms with Crippen molar-refractivity contribution in [2.24, 2.45) is 0 Å². The second-order valence-electron chi connectivity index (χ2n) is 10.9. The fraction of sp³-hybridized carbons (Fsp3) is 0.533. The predicted octanol–water partition coefficient (Wildman–Crippen LogP) is 5.55. The molecule has 1 saturated heterocycles. The quantitative estimate of drug-likeness (QED) is 0.188. The van der Waals surface area contributed by atoms with Gasteiger partial charge in [-0.2, -0.15) is 13.2 Å². The number of unbranched alkanes of at least 4 members (excludes halogenated alkanes) is 2. The highest BCUT2D eigenvalue weighted by Gasteiger charge is 2.51. The number of pyridine rings is 1. The molecule has 0 spiro atoms. The Morgan fingerprint density at radius 3 is 2.69 bits per heavy atom. The van der Waals surface area contributed by atoms with Gasteiger partial charge in [-0.3, -0.25) is 9.69 Å². The van der Waals surface area contributed by atoms with Crippen LogP contribution in [0.2, 0.25) is 0 Å². The highest BCUT2D eigenvalue weighted by atomic mass is 19.4. The number of fused-ring (bicyclic) bond motifs is 2. The number of ether oxygens (including phenoxy) is 3. The van der Waals surface area contributed by atoms with Gasteiger partial charge in [-0.05, 0) is 62.3 Å². The number of aryl methyl sites for hydroxylation is 1. The zero-order valence-electron chi connectivity index (χ0n) is 23.7. The van der Waals surface area contributed by atoms with Crippen LogP contribution in [-0.2, 0) is 28.5 Å². The summed E-state index contributed by atoms with van der Waals surface area (Å²) >= 11 is 0. The first kappa shape index (κ1) is 30.1. The number of aromatic nitrogens is 1. The third-order valence-corrected chi connectivity index (χ3v) is 8.20. The molecule has 1 fully saturated rings. The average molecular weight is 594 g/mol. The van der Waals surface area contributed by atoms with Gasteiger partial charge in [0.05, 0.1) is 19.8 Å². The first-order valence-electron chi connectivity index (χ1n) is 14.1. The second-order valence-corrected chi connectivity index (χ2v) is 10.9. The molecule has 3 heterocycles. The summed E-state index contributed by atoms with van der Waals surface area (Å²) in [5.74, 6) is -1.35. The Labute approximate surface area is 241 Å². The Kier molecular flexibility index (Phi) is 8.66. The number of methoxy groups -OCH3 is 2. The van der Waals surface area contributed by atoms with Gasteiger partial charge in [-0.15, -0.1) is 0 Å². The van der Waals surface area contributed by atoms with Gasteiger partial charge >= 0.3 is 12.1 Å². The van der Waals surface area contributed by atoms with Gasteiger partial charge in [0.25, 0.3) is 0 Å². The van der Waals surface area contributed by atoms with Crippen LogP contribution in [0.15, 0.2) is 29.8 Å². The number of hydrogen-bond donors (Lipinski definition) is 2. The smallest absolute Gasteiger partial charge is 0.416 e. The lowest BCUT2D eigenvalue weighted by Crippen LogP contribution is -2.43. The van der Waals surface area contributed by atoms with Crippen LogP contribution in [0.1, 0.15) is 60.5 Å². The summed E-state index contributed by atoms with van der Waals surface area (Å²) in [7, 11) is 2.78. The lowest BCUT2D eigenvalue weighted by atomic mass is 9.97. The van der Waals surface area contributed by atoms with Gasteiger partial charge in [-0.1, -0.05) is 6.42 Å². The molecule has 1 unspecified atom stereocenters. The van der Waals surface area contributed by atoms with Crippen LogP contribution in [0.3, 0.4) is 0 Å². The first-order valence-corrected chi connectivity index (χ1v) is 14.1. The molecule has 5 rings (SSSR count). The molecule has 0 saturated carbocycles. The van der Waals surface area contributed by atoms with Gasteiger partial charge < -0.3 is 24.6 Å². The summed E-state index contributed by atoms with van der Waals surface area (Å²) in [5, 5.41) is 13.3. The zero-order chi connectivity index (χ0) is 30.1. The molecule has 0 bridgehead atoms. The summed E-state index contributed by atoms with van der Waals surface area (Å²) in [4.78, 5) is 18.5. The summed E-state index contributed by atoms with van der Waals surface area (Å²) < 4.78 is 71.4. The van der Waals surface area contributed by atoms with Gasteiger partial charge in [0.1, 0.15) is 23.2 Å². The lowest BCUT2D eigenvalue weighted by Gasteiger charge is -2.36. The van der Waals surface area contributed by atoms with E-state index >= 15 is 0 Å². The molecule has 0 radical (unpaired) electrons. The van der Waals surface area contributed by atoms with E-state index in [-0.39, 0.29) is 18.7 Å². The number of rotatable bonds is 12. The van der Waals surface area contributed by atoms with Crippen LogP contribution in [0.4, 0.5) is 23.4 Å². The van der Waals surface area contributed by atoms with E-state index in [0.717, 1.165) is 80.6 Å². The van der Waals surface area contributed by atoms with Crippen LogP contribution >= 0.6 is 0 Å². The van der Waals surface area contributed by atoms with Crippen LogP contribution < -0.4 is 14.8 Å². The molecule has 1 aliphatic carbocycles. The van der Waals surface area contributed by atoms with E-state index in [1.807, 2.05) is 12.1 Å². The molecule has 228 valence electrons. The Balaban J connectivity index is 1.13. The minimum atomic E-state index is -4.84. The van der Waals surface area contributed by atoms with Crippen molar-refractivity contribution in [1.82, 2.24) is 9.88 Å². The number of piperidine rings is 1. The number of halogens is 4. The van der Waals surface area contributed by atoms with Crippen molar-refractivity contribution < 1.29 is 41.7 Å². The van der Waals surface area contributed by atoms with Gasteiger partial charge in [-0.25, -0.2) is 9.37 Å². The maximum atomic E-state index is 14.5. The van der Waals surface area contributed by atoms with E-state index in [0.29, 0.717) is 25.2 Å². The molecule has 8 nitrogen and oxygen atoms in total. The highest BCUT2D eigenvalue weighted by Crippen LogP contribution is 2.48. The minimum absolute atomic E-state index is 0.192. The number of nitrogens with one attached hydrogen (secondary N) is 1. The van der Waals surface area contributed by atoms with Crippen molar-refractivity contribution in [2.75, 3.05) is 45.8 Å². The molecule has 0 amide bonds. The highest BCUT2D eigenvalue weighted by molar-refractivity contribution is 5.77. The summed E-state index contributed by atoms with van der Waals surface area (Å²) in [5.41, 5.74) is 0.832. The Morgan fingerprint density at radius 1 is 1.19 bits per heavy atom. The number of carboxylic acid groups (broad SMARTS) is 1. The molecule has 2 atom stereocenters. The summed E-state index contributed by atoms with van der Waals surface area (Å²) in [6.45, 7) is 1.88. The fourth-order valence-electron chi connectivity index (χ4n) is 5.98. The van der Waals surface area contributed by atoms with Crippen molar-refractivity contribution in [2.45, 2.75) is 62.8 Å². The zero-order valence-corrected chi connectivity index (χ0v) is 23.7. The molecule has 2 N–H and O–H groups in total. The Morgan fingerprint density at radius 2 is 2.00 bits per heavy atom. The van der Waals surface area contributed by atoms with Crippen LogP contribution in [0.5, 0.6) is 11.5 Å². The van der Waals surface area contributed by atoms with E-state index in [1.54, 1.807) is 7.11 Å². The molecule has 42 heavy (non-hydrogen) atoms. The molecule has 3 aliphatic rings. The number of benzene rings is 1. The van der Waals surface area contributed by atoms with Crippen molar-refractivity contribution in [1.29, 1.82) is 0 Å². The van der Waals surface area contributed by atoms with Crippen molar-refractivity contribution >= 4 is 11.8 Å². The number of aliphatic carboxylic acids is 1. The first-order chi connectivity index (χ1) is 20.1. The third-order valence-electron chi connectivity index (χ3n) is 8.20. The molecule has 1 aromatic heterocycles. The van der Waals surface area contributed by atoms with E-state index in [2.05, 4.69) is 5.32 Å². The molecule has 2 aliphatic heterocycles. The van der Waals surface area contributed by atoms with E-state index < -0.39 is 40.9 Å². The standard InChI is InChI=1S/C30H35F4N3O5/c1-40-24-15-20(36-27-21(24)8-6-10-35-27)7-4-3-5-12-42-29-9-11-37(17-19(29)16-29)25(28(38)39)22-13-18(30(32,33)34)14-23(31)26(22)41-2/h13-16,25H,3-12,17H2,1-2H3,(H,35,36)(H,38,39)/t25-,29?/m0/s1. The number of alkyl halides is 3. The topological polar surface area (TPSA) is 93.2 Å². The van der Waals surface area contributed by atoms with Crippen molar-refractivity contribution in [3.8, 4) is 11.5 Å². The number of carboxylic acids is 1. The molecular formula is C30H35F4N3O5. The number of anilines is 1. The summed E-state index contributed by atoms with van der Waals surface area (Å²) in [6, 6.07) is 1.48.